The number of rotatable bonds is 7. The fraction of sp³-hybridized carbons (Fsp3) is 0.533. The fourth-order valence-electron chi connectivity index (χ4n) is 2.40. The van der Waals surface area contributed by atoms with Crippen LogP contribution in [0.4, 0.5) is 0 Å². The van der Waals surface area contributed by atoms with Gasteiger partial charge in [-0.1, -0.05) is 0 Å². The smallest absolute Gasteiger partial charge is 0.161 e. The number of hydrogen-bond donors (Lipinski definition) is 1. The predicted octanol–water partition coefficient (Wildman–Crippen LogP) is 2.13. The summed E-state index contributed by atoms with van der Waals surface area (Å²) in [6.45, 7) is 3.92. The summed E-state index contributed by atoms with van der Waals surface area (Å²) in [5.74, 6) is 0.832. The van der Waals surface area contributed by atoms with Gasteiger partial charge in [-0.05, 0) is 50.0 Å². The first-order valence-corrected chi connectivity index (χ1v) is 7.97. The molecule has 21 heavy (non-hydrogen) atoms. The lowest BCUT2D eigenvalue weighted by Crippen LogP contribution is -2.25. The molecule has 0 aliphatic carbocycles. The van der Waals surface area contributed by atoms with E-state index in [1.807, 2.05) is 11.7 Å². The molecular weight excluding hydrogens is 284 g/mol. The molecule has 0 spiro atoms. The van der Waals surface area contributed by atoms with Crippen LogP contribution in [0.3, 0.4) is 0 Å². The molecule has 116 valence electrons. The molecule has 0 aromatic carbocycles. The van der Waals surface area contributed by atoms with Gasteiger partial charge in [0, 0.05) is 6.54 Å². The van der Waals surface area contributed by atoms with Crippen LogP contribution in [-0.4, -0.2) is 49.5 Å². The van der Waals surface area contributed by atoms with Crippen molar-refractivity contribution in [2.45, 2.75) is 19.5 Å². The molecule has 0 aliphatic rings. The Hall–Kier alpha value is -1.37. The highest BCUT2D eigenvalue weighted by molar-refractivity contribution is 7.08. The Bertz CT molecular complexity index is 576. The van der Waals surface area contributed by atoms with Gasteiger partial charge in [-0.25, -0.2) is 0 Å². The van der Waals surface area contributed by atoms with E-state index >= 15 is 0 Å². The van der Waals surface area contributed by atoms with Gasteiger partial charge in [0.2, 0.25) is 0 Å². The second-order valence-corrected chi connectivity index (χ2v) is 6.10. The van der Waals surface area contributed by atoms with E-state index in [-0.39, 0.29) is 6.04 Å². The summed E-state index contributed by atoms with van der Waals surface area (Å²) >= 11 is 1.73. The zero-order chi connectivity index (χ0) is 15.4. The first-order valence-electron chi connectivity index (χ1n) is 7.02. The molecule has 2 aromatic rings. The number of thiophene rings is 1. The van der Waals surface area contributed by atoms with Crippen LogP contribution >= 0.6 is 11.3 Å². The second-order valence-electron chi connectivity index (χ2n) is 5.36. The molecule has 2 rings (SSSR count). The maximum absolute atomic E-state index is 5.52. The van der Waals surface area contributed by atoms with Crippen molar-refractivity contribution >= 4 is 11.3 Å². The van der Waals surface area contributed by atoms with Gasteiger partial charge in [0.15, 0.2) is 5.75 Å². The molecule has 1 N–H and O–H groups in total. The van der Waals surface area contributed by atoms with Crippen molar-refractivity contribution in [2.75, 3.05) is 34.8 Å². The highest BCUT2D eigenvalue weighted by Crippen LogP contribution is 2.32. The molecule has 0 radical (unpaired) electrons. The quantitative estimate of drug-likeness (QED) is 0.851. The zero-order valence-electron chi connectivity index (χ0n) is 13.4. The van der Waals surface area contributed by atoms with Crippen molar-refractivity contribution in [3.63, 3.8) is 0 Å². The minimum Gasteiger partial charge on any atom is -0.493 e. The average Bonchev–Trinajstić information content (AvgIpc) is 3.05. The lowest BCUT2D eigenvalue weighted by molar-refractivity contribution is 0.361. The third kappa shape index (κ3) is 3.45. The van der Waals surface area contributed by atoms with Gasteiger partial charge in [0.25, 0.3) is 0 Å². The molecule has 1 unspecified atom stereocenters. The third-order valence-corrected chi connectivity index (χ3v) is 4.47. The molecule has 6 heteroatoms. The SMILES string of the molecule is CNC(c1cscc1C)c1c(OC)cnn1CCN(C)C. The fourth-order valence-corrected chi connectivity index (χ4v) is 3.28. The van der Waals surface area contributed by atoms with Gasteiger partial charge in [-0.2, -0.15) is 16.4 Å². The topological polar surface area (TPSA) is 42.3 Å². The molecule has 0 amide bonds. The van der Waals surface area contributed by atoms with Crippen LogP contribution in [0.5, 0.6) is 5.75 Å². The first-order chi connectivity index (χ1) is 10.1. The monoisotopic (exact) mass is 308 g/mol. The Morgan fingerprint density at radius 1 is 1.43 bits per heavy atom. The Labute approximate surface area is 130 Å². The first kappa shape index (κ1) is 16.0. The number of likely N-dealkylation sites (N-methyl/N-ethyl adjacent to an activating group) is 1. The molecule has 0 fully saturated rings. The maximum atomic E-state index is 5.52. The Morgan fingerprint density at radius 3 is 2.71 bits per heavy atom. The highest BCUT2D eigenvalue weighted by Gasteiger charge is 2.24. The van der Waals surface area contributed by atoms with Crippen molar-refractivity contribution in [3.8, 4) is 5.75 Å². The summed E-state index contributed by atoms with van der Waals surface area (Å²) < 4.78 is 7.56. The predicted molar refractivity (Wildman–Crippen MR) is 87.3 cm³/mol. The minimum atomic E-state index is 0.0934. The standard InChI is InChI=1S/C15H24N4OS/c1-11-9-21-10-12(11)14(16-2)15-13(20-5)8-17-19(15)7-6-18(3)4/h8-10,14,16H,6-7H2,1-5H3. The molecule has 2 heterocycles. The molecular formula is C15H24N4OS. The molecule has 5 nitrogen and oxygen atoms in total. The number of ether oxygens (including phenoxy) is 1. The van der Waals surface area contributed by atoms with Crippen LogP contribution in [0.2, 0.25) is 0 Å². The summed E-state index contributed by atoms with van der Waals surface area (Å²) in [5.41, 5.74) is 3.66. The Kier molecular flexibility index (Phi) is 5.39. The highest BCUT2D eigenvalue weighted by atomic mass is 32.1. The van der Waals surface area contributed by atoms with E-state index in [0.29, 0.717) is 0 Å². The number of aryl methyl sites for hydroxylation is 1. The number of methoxy groups -OCH3 is 1. The van der Waals surface area contributed by atoms with Crippen molar-refractivity contribution in [2.24, 2.45) is 0 Å². The number of aromatic nitrogens is 2. The lowest BCUT2D eigenvalue weighted by atomic mass is 10.0. The van der Waals surface area contributed by atoms with E-state index in [0.717, 1.165) is 24.5 Å². The average molecular weight is 308 g/mol. The molecule has 0 bridgehead atoms. The Morgan fingerprint density at radius 2 is 2.19 bits per heavy atom. The van der Waals surface area contributed by atoms with E-state index in [1.165, 1.54) is 11.1 Å². The van der Waals surface area contributed by atoms with Crippen LogP contribution in [0.15, 0.2) is 17.0 Å². The molecule has 0 saturated heterocycles. The minimum absolute atomic E-state index is 0.0934. The van der Waals surface area contributed by atoms with Gasteiger partial charge in [0.05, 0.1) is 25.9 Å². The van der Waals surface area contributed by atoms with Gasteiger partial charge < -0.3 is 15.0 Å². The van der Waals surface area contributed by atoms with Gasteiger partial charge in [-0.3, -0.25) is 4.68 Å². The van der Waals surface area contributed by atoms with Crippen LogP contribution in [0.1, 0.15) is 22.9 Å². The number of hydrogen-bond acceptors (Lipinski definition) is 5. The van der Waals surface area contributed by atoms with E-state index in [9.17, 15) is 0 Å². The summed E-state index contributed by atoms with van der Waals surface area (Å²) in [6.07, 6.45) is 1.80. The summed E-state index contributed by atoms with van der Waals surface area (Å²) in [6, 6.07) is 0.0934. The Balaban J connectivity index is 2.39. The van der Waals surface area contributed by atoms with Crippen LogP contribution in [-0.2, 0) is 6.54 Å². The number of nitrogens with zero attached hydrogens (tertiary/aromatic N) is 3. The maximum Gasteiger partial charge on any atom is 0.161 e. The van der Waals surface area contributed by atoms with Gasteiger partial charge in [-0.15, -0.1) is 0 Å². The van der Waals surface area contributed by atoms with Crippen molar-refractivity contribution in [1.29, 1.82) is 0 Å². The van der Waals surface area contributed by atoms with E-state index < -0.39 is 0 Å². The van der Waals surface area contributed by atoms with Gasteiger partial charge in [0.1, 0.15) is 5.69 Å². The summed E-state index contributed by atoms with van der Waals surface area (Å²) in [4.78, 5) is 2.15. The molecule has 1 atom stereocenters. The normalized spacial score (nSPS) is 12.9. The zero-order valence-corrected chi connectivity index (χ0v) is 14.2. The van der Waals surface area contributed by atoms with Gasteiger partial charge >= 0.3 is 0 Å². The molecule has 0 aliphatic heterocycles. The van der Waals surface area contributed by atoms with Crippen LogP contribution in [0, 0.1) is 6.92 Å². The van der Waals surface area contributed by atoms with E-state index in [4.69, 9.17) is 4.74 Å². The lowest BCUT2D eigenvalue weighted by Gasteiger charge is -2.20. The second kappa shape index (κ2) is 7.06. The van der Waals surface area contributed by atoms with E-state index in [1.54, 1.807) is 24.6 Å². The van der Waals surface area contributed by atoms with Crippen molar-refractivity contribution in [3.05, 3.63) is 33.8 Å². The van der Waals surface area contributed by atoms with Crippen molar-refractivity contribution in [1.82, 2.24) is 20.0 Å². The van der Waals surface area contributed by atoms with Crippen LogP contribution < -0.4 is 10.1 Å². The molecule has 0 saturated carbocycles. The van der Waals surface area contributed by atoms with Crippen molar-refractivity contribution < 1.29 is 4.74 Å². The summed E-state index contributed by atoms with van der Waals surface area (Å²) in [5, 5.41) is 12.3. The van der Waals surface area contributed by atoms with E-state index in [2.05, 4.69) is 47.1 Å². The van der Waals surface area contributed by atoms with Crippen LogP contribution in [0.25, 0.3) is 0 Å². The molecule has 2 aromatic heterocycles. The third-order valence-electron chi connectivity index (χ3n) is 3.59. The largest absolute Gasteiger partial charge is 0.493 e. The summed E-state index contributed by atoms with van der Waals surface area (Å²) in [7, 11) is 7.81. The number of nitrogens with one attached hydrogen (secondary N) is 1.